The van der Waals surface area contributed by atoms with Crippen LogP contribution in [0.3, 0.4) is 0 Å². The predicted octanol–water partition coefficient (Wildman–Crippen LogP) is 1.36. The molecule has 0 aliphatic carbocycles. The van der Waals surface area contributed by atoms with Gasteiger partial charge in [0.2, 0.25) is 16.1 Å². The van der Waals surface area contributed by atoms with Gasteiger partial charge in [-0.25, -0.2) is 18.2 Å². The molecule has 0 radical (unpaired) electrons. The molecule has 1 aromatic rings. The number of sulfonamides is 1. The highest BCUT2D eigenvalue weighted by Gasteiger charge is 2.31. The first-order chi connectivity index (χ1) is 9.98. The van der Waals surface area contributed by atoms with Crippen molar-refractivity contribution in [1.29, 1.82) is 5.26 Å². The summed E-state index contributed by atoms with van der Waals surface area (Å²) in [6.45, 7) is 2.27. The summed E-state index contributed by atoms with van der Waals surface area (Å²) in [5.41, 5.74) is 0.962. The zero-order chi connectivity index (χ0) is 15.5. The minimum atomic E-state index is -3.63. The van der Waals surface area contributed by atoms with E-state index < -0.39 is 10.0 Å². The molecule has 6 nitrogen and oxygen atoms in total. The highest BCUT2D eigenvalue weighted by Crippen LogP contribution is 2.24. The summed E-state index contributed by atoms with van der Waals surface area (Å²) in [4.78, 5) is 14.2. The van der Waals surface area contributed by atoms with Crippen LogP contribution in [0, 0.1) is 18.3 Å². The van der Waals surface area contributed by atoms with Crippen LogP contribution in [-0.2, 0) is 14.8 Å². The van der Waals surface area contributed by atoms with Gasteiger partial charge in [-0.2, -0.15) is 9.57 Å². The lowest BCUT2D eigenvalue weighted by atomic mass is 10.1. The quantitative estimate of drug-likeness (QED) is 0.622. The van der Waals surface area contributed by atoms with Gasteiger partial charge in [-0.1, -0.05) is 0 Å². The molecule has 1 aliphatic heterocycles. The maximum atomic E-state index is 12.7. The van der Waals surface area contributed by atoms with Gasteiger partial charge in [0.25, 0.3) is 0 Å². The molecule has 1 saturated heterocycles. The first kappa shape index (κ1) is 15.4. The van der Waals surface area contributed by atoms with E-state index in [9.17, 15) is 13.2 Å². The van der Waals surface area contributed by atoms with Crippen molar-refractivity contribution in [2.24, 2.45) is 4.99 Å². The van der Waals surface area contributed by atoms with Gasteiger partial charge in [-0.3, -0.25) is 0 Å². The van der Waals surface area contributed by atoms with E-state index in [2.05, 4.69) is 4.99 Å². The Hall–Kier alpha value is -2.00. The van der Waals surface area contributed by atoms with Crippen LogP contribution in [0.15, 0.2) is 28.1 Å². The molecule has 7 heteroatoms. The van der Waals surface area contributed by atoms with Crippen LogP contribution in [0.1, 0.15) is 24.0 Å². The van der Waals surface area contributed by atoms with Crippen LogP contribution in [0.2, 0.25) is 0 Å². The average molecular weight is 305 g/mol. The number of isocyanates is 1. The first-order valence-corrected chi connectivity index (χ1v) is 8.01. The molecule has 0 aromatic heterocycles. The van der Waals surface area contributed by atoms with Crippen molar-refractivity contribution >= 4 is 16.1 Å². The van der Waals surface area contributed by atoms with Gasteiger partial charge >= 0.3 is 0 Å². The Bertz CT molecular complexity index is 730. The molecule has 1 unspecified atom stereocenters. The third-order valence-corrected chi connectivity index (χ3v) is 5.54. The van der Waals surface area contributed by atoms with E-state index in [1.807, 2.05) is 6.07 Å². The van der Waals surface area contributed by atoms with Gasteiger partial charge in [0.15, 0.2) is 0 Å². The second-order valence-corrected chi connectivity index (χ2v) is 6.88. The lowest BCUT2D eigenvalue weighted by Gasteiger charge is -2.29. The molecule has 1 aromatic carbocycles. The summed E-state index contributed by atoms with van der Waals surface area (Å²) in [5, 5.41) is 8.84. The third kappa shape index (κ3) is 3.19. The molecular formula is C14H15N3O3S. The van der Waals surface area contributed by atoms with Crippen LogP contribution in [-0.4, -0.2) is 37.9 Å². The van der Waals surface area contributed by atoms with Crippen LogP contribution < -0.4 is 0 Å². The van der Waals surface area contributed by atoms with Crippen LogP contribution in [0.4, 0.5) is 0 Å². The van der Waals surface area contributed by atoms with Gasteiger partial charge in [0, 0.05) is 13.1 Å². The number of aliphatic imine (C=N–C) groups is 1. The third-order valence-electron chi connectivity index (χ3n) is 3.52. The molecule has 0 saturated carbocycles. The largest absolute Gasteiger partial charge is 0.243 e. The van der Waals surface area contributed by atoms with Crippen molar-refractivity contribution in [2.75, 3.05) is 13.1 Å². The fourth-order valence-corrected chi connectivity index (χ4v) is 4.19. The Balaban J connectivity index is 2.34. The molecular weight excluding hydrogens is 290 g/mol. The van der Waals surface area contributed by atoms with Crippen LogP contribution in [0.25, 0.3) is 0 Å². The first-order valence-electron chi connectivity index (χ1n) is 6.57. The van der Waals surface area contributed by atoms with Crippen molar-refractivity contribution in [3.05, 3.63) is 29.3 Å². The van der Waals surface area contributed by atoms with E-state index in [1.165, 1.54) is 22.5 Å². The Morgan fingerprint density at radius 1 is 1.43 bits per heavy atom. The minimum Gasteiger partial charge on any atom is -0.211 e. The van der Waals surface area contributed by atoms with E-state index in [0.717, 1.165) is 0 Å². The summed E-state index contributed by atoms with van der Waals surface area (Å²) in [7, 11) is -3.63. The second kappa shape index (κ2) is 6.19. The highest BCUT2D eigenvalue weighted by molar-refractivity contribution is 7.89. The Kier molecular flexibility index (Phi) is 4.53. The molecule has 1 fully saturated rings. The van der Waals surface area contributed by atoms with Gasteiger partial charge in [0.1, 0.15) is 0 Å². The fourth-order valence-electron chi connectivity index (χ4n) is 2.47. The zero-order valence-electron chi connectivity index (χ0n) is 11.6. The Labute approximate surface area is 123 Å². The molecule has 1 atom stereocenters. The number of aryl methyl sites for hydroxylation is 1. The van der Waals surface area contributed by atoms with Crippen LogP contribution in [0.5, 0.6) is 0 Å². The summed E-state index contributed by atoms with van der Waals surface area (Å²) < 4.78 is 26.7. The van der Waals surface area contributed by atoms with Gasteiger partial charge in [-0.05, 0) is 43.5 Å². The highest BCUT2D eigenvalue weighted by atomic mass is 32.2. The van der Waals surface area contributed by atoms with Gasteiger partial charge in [0.05, 0.1) is 22.6 Å². The van der Waals surface area contributed by atoms with Gasteiger partial charge < -0.3 is 0 Å². The number of carbonyl (C=O) groups excluding carboxylic acids is 1. The molecule has 0 spiro atoms. The van der Waals surface area contributed by atoms with E-state index in [4.69, 9.17) is 5.26 Å². The molecule has 2 rings (SSSR count). The lowest BCUT2D eigenvalue weighted by Crippen LogP contribution is -2.41. The number of hydrogen-bond acceptors (Lipinski definition) is 5. The number of nitrogens with zero attached hydrogens (tertiary/aromatic N) is 3. The number of piperidine rings is 1. The minimum absolute atomic E-state index is 0.191. The monoisotopic (exact) mass is 305 g/mol. The van der Waals surface area contributed by atoms with E-state index in [-0.39, 0.29) is 17.5 Å². The van der Waals surface area contributed by atoms with Crippen molar-refractivity contribution in [2.45, 2.75) is 30.7 Å². The predicted molar refractivity (Wildman–Crippen MR) is 75.8 cm³/mol. The Morgan fingerprint density at radius 3 is 2.81 bits per heavy atom. The fraction of sp³-hybridized carbons (Fsp3) is 0.429. The SMILES string of the molecule is Cc1cc(C#N)ccc1S(=O)(=O)N1CCCC(N=C=O)C1. The number of hydrogen-bond donors (Lipinski definition) is 0. The number of benzene rings is 1. The van der Waals surface area contributed by atoms with E-state index >= 15 is 0 Å². The maximum absolute atomic E-state index is 12.7. The number of rotatable bonds is 3. The maximum Gasteiger partial charge on any atom is 0.243 e. The number of nitriles is 1. The Morgan fingerprint density at radius 2 is 2.19 bits per heavy atom. The molecule has 0 N–H and O–H groups in total. The molecule has 110 valence electrons. The standard InChI is InChI=1S/C14H15N3O3S/c1-11-7-12(8-15)4-5-14(11)21(19,20)17-6-2-3-13(9-17)16-10-18/h4-5,7,13H,2-3,6,9H2,1H3. The second-order valence-electron chi connectivity index (χ2n) is 4.97. The average Bonchev–Trinajstić information content (AvgIpc) is 2.47. The summed E-state index contributed by atoms with van der Waals surface area (Å²) in [5.74, 6) is 0. The summed E-state index contributed by atoms with van der Waals surface area (Å²) >= 11 is 0. The van der Waals surface area contributed by atoms with E-state index in [0.29, 0.717) is 30.5 Å². The van der Waals surface area contributed by atoms with E-state index in [1.54, 1.807) is 13.0 Å². The molecule has 21 heavy (non-hydrogen) atoms. The lowest BCUT2D eigenvalue weighted by molar-refractivity contribution is 0.316. The van der Waals surface area contributed by atoms with Gasteiger partial charge in [-0.15, -0.1) is 0 Å². The normalized spacial score (nSPS) is 19.5. The molecule has 1 aliphatic rings. The summed E-state index contributed by atoms with van der Waals surface area (Å²) in [6.07, 6.45) is 2.84. The topological polar surface area (TPSA) is 90.6 Å². The molecule has 0 amide bonds. The summed E-state index contributed by atoms with van der Waals surface area (Å²) in [6, 6.07) is 6.15. The van der Waals surface area contributed by atoms with Crippen LogP contribution >= 0.6 is 0 Å². The van der Waals surface area contributed by atoms with Crippen molar-refractivity contribution in [3.63, 3.8) is 0 Å². The molecule has 1 heterocycles. The van der Waals surface area contributed by atoms with Crippen molar-refractivity contribution in [3.8, 4) is 6.07 Å². The zero-order valence-corrected chi connectivity index (χ0v) is 12.4. The van der Waals surface area contributed by atoms with Crippen molar-refractivity contribution in [1.82, 2.24) is 4.31 Å². The molecule has 0 bridgehead atoms. The smallest absolute Gasteiger partial charge is 0.211 e. The van der Waals surface area contributed by atoms with Crippen molar-refractivity contribution < 1.29 is 13.2 Å².